The zero-order valence-electron chi connectivity index (χ0n) is 26.3. The van der Waals surface area contributed by atoms with Crippen molar-refractivity contribution in [2.75, 3.05) is 4.90 Å². The van der Waals surface area contributed by atoms with Crippen LogP contribution in [0.25, 0.3) is 66.1 Å². The van der Waals surface area contributed by atoms with Crippen molar-refractivity contribution in [2.24, 2.45) is 0 Å². The van der Waals surface area contributed by atoms with Gasteiger partial charge in [0.15, 0.2) is 5.58 Å². The Morgan fingerprint density at radius 3 is 1.60 bits per heavy atom. The van der Waals surface area contributed by atoms with Crippen molar-refractivity contribution < 1.29 is 4.42 Å². The lowest BCUT2D eigenvalue weighted by atomic mass is 9.96. The summed E-state index contributed by atoms with van der Waals surface area (Å²) in [4.78, 5) is 2.33. The third-order valence-electron chi connectivity index (χ3n) is 9.23. The second kappa shape index (κ2) is 11.8. The van der Waals surface area contributed by atoms with Crippen LogP contribution in [0.4, 0.5) is 17.1 Å². The minimum atomic E-state index is 0.861. The molecular weight excluding hydrogens is 583 g/mol. The topological polar surface area (TPSA) is 16.4 Å². The highest BCUT2D eigenvalue weighted by Gasteiger charge is 2.22. The van der Waals surface area contributed by atoms with E-state index in [2.05, 4.69) is 193 Å². The fourth-order valence-electron chi connectivity index (χ4n) is 6.87. The average Bonchev–Trinajstić information content (AvgIpc) is 3.56. The van der Waals surface area contributed by atoms with Gasteiger partial charge in [0, 0.05) is 27.5 Å². The molecule has 0 saturated carbocycles. The van der Waals surface area contributed by atoms with Crippen molar-refractivity contribution in [3.05, 3.63) is 188 Å². The first-order chi connectivity index (χ1) is 23.8. The molecule has 0 aliphatic carbocycles. The Morgan fingerprint density at radius 2 is 0.875 bits per heavy atom. The molecule has 0 amide bonds. The Balaban J connectivity index is 1.31. The molecular formula is C46H31NO. The van der Waals surface area contributed by atoms with Crippen LogP contribution in [0.5, 0.6) is 0 Å². The highest BCUT2D eigenvalue weighted by molar-refractivity contribution is 6.18. The van der Waals surface area contributed by atoms with Gasteiger partial charge in [-0.15, -0.1) is 0 Å². The Labute approximate surface area is 279 Å². The molecule has 2 heteroatoms. The minimum Gasteiger partial charge on any atom is -0.453 e. The molecule has 0 aliphatic rings. The second-order valence-electron chi connectivity index (χ2n) is 12.2. The van der Waals surface area contributed by atoms with Gasteiger partial charge < -0.3 is 9.32 Å². The summed E-state index contributed by atoms with van der Waals surface area (Å²) in [5, 5.41) is 4.48. The molecule has 0 atom stereocenters. The first-order valence-corrected chi connectivity index (χ1v) is 16.3. The number of para-hydroxylation sites is 1. The largest absolute Gasteiger partial charge is 0.453 e. The fraction of sp³-hybridized carbons (Fsp3) is 0. The Kier molecular flexibility index (Phi) is 6.84. The number of furan rings is 1. The van der Waals surface area contributed by atoms with Crippen LogP contribution >= 0.6 is 0 Å². The smallest absolute Gasteiger partial charge is 0.159 e. The second-order valence-corrected chi connectivity index (χ2v) is 12.2. The van der Waals surface area contributed by atoms with Crippen LogP contribution < -0.4 is 4.90 Å². The number of fused-ring (bicyclic) bond motifs is 5. The molecule has 0 N–H and O–H groups in total. The molecule has 226 valence electrons. The summed E-state index contributed by atoms with van der Waals surface area (Å²) in [5.74, 6) is 0. The van der Waals surface area contributed by atoms with E-state index in [0.717, 1.165) is 60.9 Å². The summed E-state index contributed by atoms with van der Waals surface area (Å²) in [6, 6.07) is 66.8. The van der Waals surface area contributed by atoms with E-state index in [4.69, 9.17) is 4.42 Å². The van der Waals surface area contributed by atoms with Gasteiger partial charge in [-0.05, 0) is 87.3 Å². The number of anilines is 3. The molecule has 0 unspecified atom stereocenters. The summed E-state index contributed by atoms with van der Waals surface area (Å²) in [5.41, 5.74) is 11.9. The summed E-state index contributed by atoms with van der Waals surface area (Å²) < 4.78 is 6.96. The number of hydrogen-bond donors (Lipinski definition) is 0. The van der Waals surface area contributed by atoms with Crippen molar-refractivity contribution in [1.82, 2.24) is 0 Å². The van der Waals surface area contributed by atoms with E-state index in [1.54, 1.807) is 0 Å². The molecule has 0 spiro atoms. The first-order valence-electron chi connectivity index (χ1n) is 16.3. The van der Waals surface area contributed by atoms with Crippen molar-refractivity contribution in [3.63, 3.8) is 0 Å². The molecule has 0 radical (unpaired) electrons. The minimum absolute atomic E-state index is 0.861. The van der Waals surface area contributed by atoms with E-state index >= 15 is 0 Å². The molecule has 2 nitrogen and oxygen atoms in total. The van der Waals surface area contributed by atoms with Crippen LogP contribution in [0.2, 0.25) is 0 Å². The molecule has 0 saturated heterocycles. The highest BCUT2D eigenvalue weighted by atomic mass is 16.3. The van der Waals surface area contributed by atoms with Gasteiger partial charge in [-0.3, -0.25) is 0 Å². The fourth-order valence-corrected chi connectivity index (χ4v) is 6.87. The van der Waals surface area contributed by atoms with E-state index in [0.29, 0.717) is 0 Å². The van der Waals surface area contributed by atoms with E-state index in [-0.39, 0.29) is 0 Å². The van der Waals surface area contributed by atoms with E-state index in [1.807, 2.05) is 0 Å². The van der Waals surface area contributed by atoms with E-state index in [9.17, 15) is 0 Å². The summed E-state index contributed by atoms with van der Waals surface area (Å²) in [7, 11) is 0. The lowest BCUT2D eigenvalue weighted by Crippen LogP contribution is -2.10. The van der Waals surface area contributed by atoms with Crippen LogP contribution in [0, 0.1) is 0 Å². The maximum absolute atomic E-state index is 6.96. The quantitative estimate of drug-likeness (QED) is 0.185. The zero-order valence-corrected chi connectivity index (χ0v) is 26.3. The predicted octanol–water partition coefficient (Wildman–Crippen LogP) is 13.2. The summed E-state index contributed by atoms with van der Waals surface area (Å²) >= 11 is 0. The average molecular weight is 614 g/mol. The highest BCUT2D eigenvalue weighted by Crippen LogP contribution is 2.46. The van der Waals surface area contributed by atoms with Gasteiger partial charge in [-0.2, -0.15) is 0 Å². The third-order valence-corrected chi connectivity index (χ3v) is 9.23. The van der Waals surface area contributed by atoms with Gasteiger partial charge in [0.2, 0.25) is 0 Å². The van der Waals surface area contributed by atoms with E-state index < -0.39 is 0 Å². The Bertz CT molecular complexity index is 2530. The number of hydrogen-bond acceptors (Lipinski definition) is 2. The van der Waals surface area contributed by atoms with E-state index in [1.165, 1.54) is 22.3 Å². The van der Waals surface area contributed by atoms with Gasteiger partial charge in [-0.1, -0.05) is 140 Å². The number of benzene rings is 8. The Hall–Kier alpha value is -6.38. The van der Waals surface area contributed by atoms with Gasteiger partial charge in [0.25, 0.3) is 0 Å². The molecule has 1 heterocycles. The van der Waals surface area contributed by atoms with Crippen molar-refractivity contribution >= 4 is 49.8 Å². The molecule has 48 heavy (non-hydrogen) atoms. The van der Waals surface area contributed by atoms with Gasteiger partial charge >= 0.3 is 0 Å². The first kappa shape index (κ1) is 27.9. The Morgan fingerprint density at radius 1 is 0.312 bits per heavy atom. The standard InChI is InChI=1S/C46H31NO/c1-4-13-32(14-5-1)34-23-26-40(27-24-34)47(39-20-8-3-9-21-39)44-31-38(37-19-12-18-36(29-37)33-15-6-2-7-16-33)30-43-42-28-25-35-17-10-11-22-41(35)45(42)48-46(43)44/h1-31H. The van der Waals surface area contributed by atoms with Crippen molar-refractivity contribution in [3.8, 4) is 33.4 Å². The van der Waals surface area contributed by atoms with Crippen LogP contribution in [-0.4, -0.2) is 0 Å². The van der Waals surface area contributed by atoms with Crippen molar-refractivity contribution in [2.45, 2.75) is 0 Å². The van der Waals surface area contributed by atoms with Gasteiger partial charge in [0.1, 0.15) is 5.58 Å². The SMILES string of the molecule is c1ccc(-c2ccc(N(c3ccccc3)c3cc(-c4cccc(-c5ccccc5)c4)cc4c3oc3c5ccccc5ccc43)cc2)cc1. The molecule has 9 rings (SSSR count). The van der Waals surface area contributed by atoms with Crippen LogP contribution in [0.3, 0.4) is 0 Å². The lowest BCUT2D eigenvalue weighted by molar-refractivity contribution is 0.673. The lowest BCUT2D eigenvalue weighted by Gasteiger charge is -2.26. The molecule has 8 aromatic carbocycles. The summed E-state index contributed by atoms with van der Waals surface area (Å²) in [6.07, 6.45) is 0. The van der Waals surface area contributed by atoms with Crippen LogP contribution in [-0.2, 0) is 0 Å². The monoisotopic (exact) mass is 613 g/mol. The normalized spacial score (nSPS) is 11.3. The number of nitrogens with zero attached hydrogens (tertiary/aromatic N) is 1. The zero-order chi connectivity index (χ0) is 31.9. The van der Waals surface area contributed by atoms with Gasteiger partial charge in [0.05, 0.1) is 5.69 Å². The maximum Gasteiger partial charge on any atom is 0.159 e. The molecule has 9 aromatic rings. The van der Waals surface area contributed by atoms with Crippen LogP contribution in [0.1, 0.15) is 0 Å². The third kappa shape index (κ3) is 4.92. The molecule has 0 bridgehead atoms. The summed E-state index contributed by atoms with van der Waals surface area (Å²) in [6.45, 7) is 0. The predicted molar refractivity (Wildman–Crippen MR) is 202 cm³/mol. The maximum atomic E-state index is 6.96. The molecule has 0 aliphatic heterocycles. The van der Waals surface area contributed by atoms with Gasteiger partial charge in [-0.25, -0.2) is 0 Å². The molecule has 0 fully saturated rings. The molecule has 1 aromatic heterocycles. The number of rotatable bonds is 6. The van der Waals surface area contributed by atoms with Crippen molar-refractivity contribution in [1.29, 1.82) is 0 Å². The van der Waals surface area contributed by atoms with Crippen LogP contribution in [0.15, 0.2) is 192 Å².